The lowest BCUT2D eigenvalue weighted by Crippen LogP contribution is -2.44. The molecule has 0 aliphatic heterocycles. The molecule has 4 nitrogen and oxygen atoms in total. The monoisotopic (exact) mass is 335 g/mol. The topological polar surface area (TPSA) is 42.2 Å². The SMILES string of the molecule is CCCCCCCCCCCCNCc1cc[n+](OC(C)=O)cc1. The molecule has 1 aromatic rings. The number of rotatable bonds is 14. The number of nitrogens with zero attached hydrogens (tertiary/aromatic N) is 1. The summed E-state index contributed by atoms with van der Waals surface area (Å²) in [5.41, 5.74) is 1.20. The van der Waals surface area contributed by atoms with Gasteiger partial charge in [0.25, 0.3) is 0 Å². The van der Waals surface area contributed by atoms with E-state index in [9.17, 15) is 4.79 Å². The van der Waals surface area contributed by atoms with Crippen LogP contribution >= 0.6 is 0 Å². The molecule has 0 radical (unpaired) electrons. The van der Waals surface area contributed by atoms with Gasteiger partial charge in [0.15, 0.2) is 0 Å². The van der Waals surface area contributed by atoms with Crippen molar-refractivity contribution in [3.05, 3.63) is 30.1 Å². The average Bonchev–Trinajstić information content (AvgIpc) is 2.57. The number of hydrogen-bond donors (Lipinski definition) is 1. The molecule has 0 amide bonds. The summed E-state index contributed by atoms with van der Waals surface area (Å²) in [6.45, 7) is 5.59. The first-order valence-electron chi connectivity index (χ1n) is 9.62. The largest absolute Gasteiger partial charge is 0.377 e. The molecule has 0 aromatic carbocycles. The molecule has 1 aromatic heterocycles. The van der Waals surface area contributed by atoms with Crippen LogP contribution in [0.25, 0.3) is 0 Å². The van der Waals surface area contributed by atoms with Gasteiger partial charge in [0, 0.05) is 30.3 Å². The maximum absolute atomic E-state index is 10.8. The van der Waals surface area contributed by atoms with Gasteiger partial charge in [0.2, 0.25) is 12.4 Å². The van der Waals surface area contributed by atoms with Gasteiger partial charge in [0.1, 0.15) is 0 Å². The Hall–Kier alpha value is -1.42. The lowest BCUT2D eigenvalue weighted by molar-refractivity contribution is -0.869. The van der Waals surface area contributed by atoms with Crippen molar-refractivity contribution in [1.82, 2.24) is 5.32 Å². The number of hydrogen-bond acceptors (Lipinski definition) is 3. The minimum absolute atomic E-state index is 0.313. The molecule has 24 heavy (non-hydrogen) atoms. The summed E-state index contributed by atoms with van der Waals surface area (Å²) in [5, 5.41) is 3.47. The molecule has 0 atom stereocenters. The van der Waals surface area contributed by atoms with Gasteiger partial charge in [-0.25, -0.2) is 4.79 Å². The van der Waals surface area contributed by atoms with Crippen molar-refractivity contribution in [3.8, 4) is 0 Å². The fraction of sp³-hybridized carbons (Fsp3) is 0.700. The third kappa shape index (κ3) is 11.2. The van der Waals surface area contributed by atoms with Crippen LogP contribution in [0.4, 0.5) is 0 Å². The summed E-state index contributed by atoms with van der Waals surface area (Å²) < 4.78 is 1.42. The number of unbranched alkanes of at least 4 members (excludes halogenated alkanes) is 9. The van der Waals surface area contributed by atoms with E-state index >= 15 is 0 Å². The molecular formula is C20H35N2O2+. The highest BCUT2D eigenvalue weighted by molar-refractivity contribution is 5.65. The molecule has 136 valence electrons. The van der Waals surface area contributed by atoms with Gasteiger partial charge in [-0.15, -0.1) is 0 Å². The highest BCUT2D eigenvalue weighted by atomic mass is 16.7. The fourth-order valence-electron chi connectivity index (χ4n) is 2.74. The zero-order chi connectivity index (χ0) is 17.5. The Bertz CT molecular complexity index is 432. The Kier molecular flexibility index (Phi) is 12.0. The lowest BCUT2D eigenvalue weighted by Gasteiger charge is -2.05. The van der Waals surface area contributed by atoms with Crippen LogP contribution in [0.1, 0.15) is 83.6 Å². The van der Waals surface area contributed by atoms with E-state index < -0.39 is 0 Å². The summed E-state index contributed by atoms with van der Waals surface area (Å²) in [6, 6.07) is 3.93. The first kappa shape index (κ1) is 20.6. The Balaban J connectivity index is 1.92. The number of carbonyl (C=O) groups is 1. The average molecular weight is 336 g/mol. The zero-order valence-electron chi connectivity index (χ0n) is 15.6. The second-order valence-electron chi connectivity index (χ2n) is 6.51. The van der Waals surface area contributed by atoms with Crippen LogP contribution in [-0.2, 0) is 11.3 Å². The minimum atomic E-state index is -0.313. The van der Waals surface area contributed by atoms with Crippen molar-refractivity contribution in [1.29, 1.82) is 0 Å². The van der Waals surface area contributed by atoms with Crippen LogP contribution in [0.3, 0.4) is 0 Å². The fourth-order valence-corrected chi connectivity index (χ4v) is 2.74. The summed E-state index contributed by atoms with van der Waals surface area (Å²) in [4.78, 5) is 15.8. The van der Waals surface area contributed by atoms with Crippen LogP contribution < -0.4 is 14.9 Å². The molecule has 0 aliphatic carbocycles. The van der Waals surface area contributed by atoms with Crippen molar-refractivity contribution in [3.63, 3.8) is 0 Å². The van der Waals surface area contributed by atoms with Gasteiger partial charge in [0.05, 0.1) is 0 Å². The maximum Gasteiger partial charge on any atom is 0.377 e. The van der Waals surface area contributed by atoms with E-state index in [0.29, 0.717) is 0 Å². The van der Waals surface area contributed by atoms with Crippen LogP contribution in [-0.4, -0.2) is 12.5 Å². The van der Waals surface area contributed by atoms with Gasteiger partial charge in [-0.1, -0.05) is 64.7 Å². The Morgan fingerprint density at radius 2 is 1.50 bits per heavy atom. The normalized spacial score (nSPS) is 10.8. The summed E-state index contributed by atoms with van der Waals surface area (Å²) in [7, 11) is 0. The molecule has 4 heteroatoms. The predicted octanol–water partition coefficient (Wildman–Crippen LogP) is 3.96. The highest BCUT2D eigenvalue weighted by Crippen LogP contribution is 2.10. The molecule has 0 aliphatic rings. The molecule has 0 unspecified atom stereocenters. The molecule has 0 bridgehead atoms. The van der Waals surface area contributed by atoms with Crippen LogP contribution in [0.15, 0.2) is 24.5 Å². The van der Waals surface area contributed by atoms with E-state index in [-0.39, 0.29) is 5.97 Å². The Morgan fingerprint density at radius 1 is 0.958 bits per heavy atom. The third-order valence-electron chi connectivity index (χ3n) is 4.14. The second-order valence-corrected chi connectivity index (χ2v) is 6.51. The van der Waals surface area contributed by atoms with E-state index in [1.165, 1.54) is 81.4 Å². The molecule has 0 fully saturated rings. The quantitative estimate of drug-likeness (QED) is 0.413. The number of pyridine rings is 1. The van der Waals surface area contributed by atoms with Gasteiger partial charge < -0.3 is 5.32 Å². The molecule has 1 rings (SSSR count). The van der Waals surface area contributed by atoms with Crippen molar-refractivity contribution in [2.24, 2.45) is 0 Å². The number of nitrogens with one attached hydrogen (secondary N) is 1. The molecular weight excluding hydrogens is 300 g/mol. The van der Waals surface area contributed by atoms with E-state index in [0.717, 1.165) is 13.1 Å². The van der Waals surface area contributed by atoms with Crippen molar-refractivity contribution in [2.75, 3.05) is 6.54 Å². The van der Waals surface area contributed by atoms with Crippen molar-refractivity contribution >= 4 is 5.97 Å². The van der Waals surface area contributed by atoms with Gasteiger partial charge in [-0.3, -0.25) is 0 Å². The molecule has 0 spiro atoms. The van der Waals surface area contributed by atoms with Crippen LogP contribution in [0.5, 0.6) is 0 Å². The predicted molar refractivity (Wildman–Crippen MR) is 97.4 cm³/mol. The van der Waals surface area contributed by atoms with Crippen LogP contribution in [0, 0.1) is 0 Å². The molecule has 0 saturated heterocycles. The summed E-state index contributed by atoms with van der Waals surface area (Å²) in [6.07, 6.45) is 17.2. The van der Waals surface area contributed by atoms with Crippen LogP contribution in [0.2, 0.25) is 0 Å². The Labute approximate surface area is 147 Å². The third-order valence-corrected chi connectivity index (χ3v) is 4.14. The Morgan fingerprint density at radius 3 is 2.04 bits per heavy atom. The smallest absolute Gasteiger partial charge is 0.313 e. The maximum atomic E-state index is 10.8. The van der Waals surface area contributed by atoms with Crippen molar-refractivity contribution in [2.45, 2.75) is 84.6 Å². The van der Waals surface area contributed by atoms with E-state index in [2.05, 4.69) is 12.2 Å². The van der Waals surface area contributed by atoms with Gasteiger partial charge >= 0.3 is 5.97 Å². The van der Waals surface area contributed by atoms with Crippen molar-refractivity contribution < 1.29 is 14.4 Å². The first-order chi connectivity index (χ1) is 11.7. The summed E-state index contributed by atoms with van der Waals surface area (Å²) in [5.74, 6) is -0.313. The minimum Gasteiger partial charge on any atom is -0.313 e. The van der Waals surface area contributed by atoms with Gasteiger partial charge in [-0.2, -0.15) is 4.84 Å². The zero-order valence-corrected chi connectivity index (χ0v) is 15.6. The molecule has 0 saturated carbocycles. The molecule has 1 N–H and O–H groups in total. The number of aromatic nitrogens is 1. The van der Waals surface area contributed by atoms with Gasteiger partial charge in [-0.05, 0) is 18.5 Å². The highest BCUT2D eigenvalue weighted by Gasteiger charge is 2.04. The van der Waals surface area contributed by atoms with E-state index in [4.69, 9.17) is 4.84 Å². The number of carbonyl (C=O) groups excluding carboxylic acids is 1. The van der Waals surface area contributed by atoms with E-state index in [1.807, 2.05) is 12.1 Å². The summed E-state index contributed by atoms with van der Waals surface area (Å²) >= 11 is 0. The second kappa shape index (κ2) is 14.0. The first-order valence-corrected chi connectivity index (χ1v) is 9.62. The lowest BCUT2D eigenvalue weighted by atomic mass is 10.1. The van der Waals surface area contributed by atoms with E-state index in [1.54, 1.807) is 12.4 Å². The molecule has 1 heterocycles. The standard InChI is InChI=1S/C20H35N2O2/c1-3-4-5-6-7-8-9-10-11-12-15-21-18-20-13-16-22(17-14-20)24-19(2)23/h13-14,16-17,21H,3-12,15,18H2,1-2H3/q+1.